The molecule has 0 aliphatic carbocycles. The fraction of sp³-hybridized carbons (Fsp3) is 0.167. The minimum Gasteiger partial charge on any atom is -0.292 e. The summed E-state index contributed by atoms with van der Waals surface area (Å²) >= 11 is 3.34. The van der Waals surface area contributed by atoms with Crippen LogP contribution in [0.25, 0.3) is 0 Å². The van der Waals surface area contributed by atoms with Crippen LogP contribution in [0.15, 0.2) is 22.7 Å². The van der Waals surface area contributed by atoms with E-state index in [2.05, 4.69) is 27.8 Å². The number of anilines is 1. The molecule has 1 aliphatic heterocycles. The summed E-state index contributed by atoms with van der Waals surface area (Å²) in [6.45, 7) is 1.94. The number of para-hydroxylation sites is 1. The van der Waals surface area contributed by atoms with E-state index in [4.69, 9.17) is 0 Å². The monoisotopic (exact) mass is 277 g/mol. The third-order valence-electron chi connectivity index (χ3n) is 2.35. The Morgan fingerprint density at radius 3 is 2.81 bits per heavy atom. The van der Waals surface area contributed by atoms with Crippen molar-refractivity contribution in [1.29, 1.82) is 0 Å². The molecule has 0 N–H and O–H groups in total. The van der Waals surface area contributed by atoms with Gasteiger partial charge in [0.05, 0.1) is 17.8 Å². The van der Waals surface area contributed by atoms with E-state index in [1.54, 1.807) is 25.1 Å². The molecule has 0 aromatic heterocycles. The highest BCUT2D eigenvalue weighted by Gasteiger charge is 2.36. The van der Waals surface area contributed by atoms with Gasteiger partial charge in [0.15, 0.2) is 0 Å². The van der Waals surface area contributed by atoms with Crippen molar-refractivity contribution in [3.8, 4) is 11.8 Å². The minimum atomic E-state index is -0.510. The third-order valence-corrected chi connectivity index (χ3v) is 2.99. The van der Waals surface area contributed by atoms with Crippen LogP contribution in [0.4, 0.5) is 5.69 Å². The standard InChI is InChI=1S/C12H8BrNO2/c1-2-3-7-14-10-8(11(15)12(14)16)5-4-6-9(10)13/h4-6H,7H2,1H3. The molecule has 80 valence electrons. The Morgan fingerprint density at radius 1 is 1.38 bits per heavy atom. The SMILES string of the molecule is CC#CCN1C(=O)C(=O)c2cccc(Br)c21. The maximum atomic E-state index is 11.7. The van der Waals surface area contributed by atoms with Crippen LogP contribution in [0.1, 0.15) is 17.3 Å². The second-order valence-electron chi connectivity index (χ2n) is 3.28. The van der Waals surface area contributed by atoms with Crippen LogP contribution in [0.5, 0.6) is 0 Å². The summed E-state index contributed by atoms with van der Waals surface area (Å²) in [4.78, 5) is 24.8. The number of carbonyl (C=O) groups is 2. The number of carbonyl (C=O) groups excluding carboxylic acids is 2. The number of fused-ring (bicyclic) bond motifs is 1. The van der Waals surface area contributed by atoms with Gasteiger partial charge in [-0.15, -0.1) is 5.92 Å². The van der Waals surface area contributed by atoms with Gasteiger partial charge in [0, 0.05) is 4.47 Å². The van der Waals surface area contributed by atoms with Crippen LogP contribution in [0.2, 0.25) is 0 Å². The Balaban J connectivity index is 2.54. The lowest BCUT2D eigenvalue weighted by Crippen LogP contribution is -2.30. The van der Waals surface area contributed by atoms with Crippen molar-refractivity contribution in [3.63, 3.8) is 0 Å². The molecule has 16 heavy (non-hydrogen) atoms. The zero-order valence-corrected chi connectivity index (χ0v) is 10.2. The van der Waals surface area contributed by atoms with E-state index in [0.717, 1.165) is 4.47 Å². The van der Waals surface area contributed by atoms with Crippen LogP contribution >= 0.6 is 15.9 Å². The molecule has 0 atom stereocenters. The number of hydrogen-bond acceptors (Lipinski definition) is 2. The molecule has 0 radical (unpaired) electrons. The summed E-state index contributed by atoms with van der Waals surface area (Å²) in [6.07, 6.45) is 0. The van der Waals surface area contributed by atoms with E-state index in [9.17, 15) is 9.59 Å². The largest absolute Gasteiger partial charge is 0.300 e. The average molecular weight is 278 g/mol. The first kappa shape index (κ1) is 10.9. The molecule has 4 heteroatoms. The molecule has 1 aromatic rings. The minimum absolute atomic E-state index is 0.247. The second kappa shape index (κ2) is 4.11. The normalized spacial score (nSPS) is 13.5. The fourth-order valence-electron chi connectivity index (χ4n) is 1.62. The number of halogens is 1. The number of nitrogens with zero attached hydrogens (tertiary/aromatic N) is 1. The van der Waals surface area contributed by atoms with Crippen molar-refractivity contribution < 1.29 is 9.59 Å². The Bertz CT molecular complexity index is 540. The van der Waals surface area contributed by atoms with Gasteiger partial charge < -0.3 is 0 Å². The van der Waals surface area contributed by atoms with Gasteiger partial charge in [0.2, 0.25) is 0 Å². The number of rotatable bonds is 1. The summed E-state index contributed by atoms with van der Waals surface area (Å²) in [5.74, 6) is 4.53. The lowest BCUT2D eigenvalue weighted by molar-refractivity contribution is -0.114. The van der Waals surface area contributed by atoms with E-state index < -0.39 is 11.7 Å². The molecule has 1 aromatic carbocycles. The van der Waals surface area contributed by atoms with Crippen LogP contribution in [0.3, 0.4) is 0 Å². The topological polar surface area (TPSA) is 37.4 Å². The van der Waals surface area contributed by atoms with E-state index in [1.807, 2.05) is 0 Å². The van der Waals surface area contributed by atoms with Gasteiger partial charge in [-0.2, -0.15) is 0 Å². The average Bonchev–Trinajstić information content (AvgIpc) is 2.52. The predicted octanol–water partition coefficient (Wildman–Crippen LogP) is 2.00. The lowest BCUT2D eigenvalue weighted by atomic mass is 10.1. The van der Waals surface area contributed by atoms with Gasteiger partial charge in [0.25, 0.3) is 11.7 Å². The van der Waals surface area contributed by atoms with Crippen LogP contribution in [-0.2, 0) is 4.79 Å². The summed E-state index contributed by atoms with van der Waals surface area (Å²) < 4.78 is 0.738. The first-order valence-electron chi connectivity index (χ1n) is 4.71. The highest BCUT2D eigenvalue weighted by Crippen LogP contribution is 2.35. The molecule has 0 spiro atoms. The van der Waals surface area contributed by atoms with Gasteiger partial charge in [-0.3, -0.25) is 14.5 Å². The van der Waals surface area contributed by atoms with E-state index >= 15 is 0 Å². The lowest BCUT2D eigenvalue weighted by Gasteiger charge is -2.13. The molecule has 0 saturated carbocycles. The predicted molar refractivity (Wildman–Crippen MR) is 64.3 cm³/mol. The Labute approximate surface area is 102 Å². The highest BCUT2D eigenvalue weighted by atomic mass is 79.9. The molecule has 1 amide bonds. The quantitative estimate of drug-likeness (QED) is 0.582. The van der Waals surface area contributed by atoms with Crippen LogP contribution < -0.4 is 4.90 Å². The maximum Gasteiger partial charge on any atom is 0.300 e. The first-order valence-corrected chi connectivity index (χ1v) is 5.50. The van der Waals surface area contributed by atoms with E-state index in [1.165, 1.54) is 4.90 Å². The van der Waals surface area contributed by atoms with E-state index in [0.29, 0.717) is 11.3 Å². The Morgan fingerprint density at radius 2 is 2.12 bits per heavy atom. The number of hydrogen-bond donors (Lipinski definition) is 0. The highest BCUT2D eigenvalue weighted by molar-refractivity contribution is 9.10. The fourth-order valence-corrected chi connectivity index (χ4v) is 2.20. The number of ketones is 1. The summed E-state index contributed by atoms with van der Waals surface area (Å²) in [5.41, 5.74) is 1.07. The van der Waals surface area contributed by atoms with E-state index in [-0.39, 0.29) is 6.54 Å². The second-order valence-corrected chi connectivity index (χ2v) is 4.14. The summed E-state index contributed by atoms with van der Waals surface area (Å²) in [6, 6.07) is 5.19. The summed E-state index contributed by atoms with van der Waals surface area (Å²) in [7, 11) is 0. The van der Waals surface area contributed by atoms with Gasteiger partial charge in [-0.05, 0) is 35.0 Å². The zero-order chi connectivity index (χ0) is 11.7. The van der Waals surface area contributed by atoms with Crippen molar-refractivity contribution >= 4 is 33.3 Å². The molecule has 1 aliphatic rings. The van der Waals surface area contributed by atoms with Gasteiger partial charge in [-0.25, -0.2) is 0 Å². The third kappa shape index (κ3) is 1.54. The Hall–Kier alpha value is -1.60. The van der Waals surface area contributed by atoms with Crippen molar-refractivity contribution in [3.05, 3.63) is 28.2 Å². The smallest absolute Gasteiger partial charge is 0.292 e. The van der Waals surface area contributed by atoms with Crippen molar-refractivity contribution in [2.45, 2.75) is 6.92 Å². The molecule has 3 nitrogen and oxygen atoms in total. The maximum absolute atomic E-state index is 11.7. The molecule has 0 bridgehead atoms. The van der Waals surface area contributed by atoms with Crippen LogP contribution in [0, 0.1) is 11.8 Å². The molecular weight excluding hydrogens is 270 g/mol. The molecule has 0 fully saturated rings. The van der Waals surface area contributed by atoms with Gasteiger partial charge >= 0.3 is 0 Å². The number of amides is 1. The zero-order valence-electron chi connectivity index (χ0n) is 8.58. The number of benzene rings is 1. The van der Waals surface area contributed by atoms with Crippen LogP contribution in [-0.4, -0.2) is 18.2 Å². The van der Waals surface area contributed by atoms with Gasteiger partial charge in [-0.1, -0.05) is 12.0 Å². The Kier molecular flexibility index (Phi) is 2.80. The summed E-state index contributed by atoms with van der Waals surface area (Å²) in [5, 5.41) is 0. The number of Topliss-reactive ketones (excluding diaryl/α,β-unsaturated/α-hetero) is 1. The molecule has 2 rings (SSSR count). The molecule has 1 heterocycles. The molecule has 0 saturated heterocycles. The van der Waals surface area contributed by atoms with Gasteiger partial charge in [0.1, 0.15) is 0 Å². The molecular formula is C12H8BrNO2. The van der Waals surface area contributed by atoms with Crippen molar-refractivity contribution in [2.75, 3.05) is 11.4 Å². The van der Waals surface area contributed by atoms with Crippen molar-refractivity contribution in [2.24, 2.45) is 0 Å². The van der Waals surface area contributed by atoms with Crippen molar-refractivity contribution in [1.82, 2.24) is 0 Å². The first-order chi connectivity index (χ1) is 7.66. The molecule has 0 unspecified atom stereocenters.